The van der Waals surface area contributed by atoms with Crippen LogP contribution in [0.25, 0.3) is 0 Å². The van der Waals surface area contributed by atoms with Crippen molar-refractivity contribution in [1.29, 1.82) is 0 Å². The molecular weight excluding hydrogens is 250 g/mol. The van der Waals surface area contributed by atoms with Crippen molar-refractivity contribution in [3.05, 3.63) is 35.9 Å². The third-order valence-electron chi connectivity index (χ3n) is 3.81. The molecule has 1 aromatic carbocycles. The molecule has 1 saturated carbocycles. The van der Waals surface area contributed by atoms with Crippen molar-refractivity contribution in [2.75, 3.05) is 6.54 Å². The Hall–Kier alpha value is -1.35. The Balaban J connectivity index is 1.98. The summed E-state index contributed by atoms with van der Waals surface area (Å²) < 4.78 is 5.29. The molecule has 3 nitrogen and oxygen atoms in total. The molecule has 1 aliphatic carbocycles. The van der Waals surface area contributed by atoms with Crippen LogP contribution in [0.2, 0.25) is 0 Å². The lowest BCUT2D eigenvalue weighted by molar-refractivity contribution is -0.149. The van der Waals surface area contributed by atoms with E-state index in [0.717, 1.165) is 12.5 Å². The maximum absolute atomic E-state index is 11.9. The summed E-state index contributed by atoms with van der Waals surface area (Å²) in [5.41, 5.74) is 1.25. The molecule has 1 atom stereocenters. The van der Waals surface area contributed by atoms with E-state index in [2.05, 4.69) is 24.0 Å². The van der Waals surface area contributed by atoms with Gasteiger partial charge in [0.05, 0.1) is 12.6 Å². The van der Waals surface area contributed by atoms with Crippen molar-refractivity contribution < 1.29 is 9.53 Å². The number of benzene rings is 1. The number of hydrogen-bond donors (Lipinski definition) is 0. The Morgan fingerprint density at radius 3 is 2.45 bits per heavy atom. The van der Waals surface area contributed by atoms with Crippen LogP contribution in [-0.2, 0) is 16.1 Å². The predicted molar refractivity (Wildman–Crippen MR) is 80.3 cm³/mol. The molecule has 0 aromatic heterocycles. The first-order valence-corrected chi connectivity index (χ1v) is 7.53. The van der Waals surface area contributed by atoms with Crippen LogP contribution in [0.1, 0.15) is 39.2 Å². The second-order valence-corrected chi connectivity index (χ2v) is 6.01. The summed E-state index contributed by atoms with van der Waals surface area (Å²) in [6.07, 6.45) is 2.52. The van der Waals surface area contributed by atoms with E-state index in [1.54, 1.807) is 0 Å². The normalized spacial score (nSPS) is 16.4. The lowest BCUT2D eigenvalue weighted by Crippen LogP contribution is -2.39. The van der Waals surface area contributed by atoms with E-state index < -0.39 is 0 Å². The summed E-state index contributed by atoms with van der Waals surface area (Å²) in [5, 5.41) is 0. The SMILES string of the molecule is CC(C)OC(=O)CN(Cc1ccccc1)C(C)C1CC1. The van der Waals surface area contributed by atoms with Gasteiger partial charge in [-0.1, -0.05) is 30.3 Å². The Labute approximate surface area is 121 Å². The third-order valence-corrected chi connectivity index (χ3v) is 3.81. The molecule has 2 rings (SSSR count). The standard InChI is InChI=1S/C17H25NO2/c1-13(2)20-17(19)12-18(14(3)16-9-10-16)11-15-7-5-4-6-8-15/h4-8,13-14,16H,9-12H2,1-3H3. The Kier molecular flexibility index (Phi) is 5.18. The monoisotopic (exact) mass is 275 g/mol. The van der Waals surface area contributed by atoms with Crippen molar-refractivity contribution in [1.82, 2.24) is 4.90 Å². The number of ether oxygens (including phenoxy) is 1. The van der Waals surface area contributed by atoms with Gasteiger partial charge in [0.1, 0.15) is 0 Å². The highest BCUT2D eigenvalue weighted by Gasteiger charge is 2.33. The van der Waals surface area contributed by atoms with E-state index >= 15 is 0 Å². The summed E-state index contributed by atoms with van der Waals surface area (Å²) >= 11 is 0. The molecule has 1 fully saturated rings. The Morgan fingerprint density at radius 1 is 1.25 bits per heavy atom. The number of carbonyl (C=O) groups excluding carboxylic acids is 1. The summed E-state index contributed by atoms with van der Waals surface area (Å²) in [6, 6.07) is 10.8. The zero-order valence-corrected chi connectivity index (χ0v) is 12.7. The molecule has 0 radical (unpaired) electrons. The van der Waals surface area contributed by atoms with Crippen LogP contribution < -0.4 is 0 Å². The van der Waals surface area contributed by atoms with Crippen molar-refractivity contribution >= 4 is 5.97 Å². The average molecular weight is 275 g/mol. The number of carbonyl (C=O) groups is 1. The molecule has 1 aromatic rings. The van der Waals surface area contributed by atoms with Crippen LogP contribution in [0.15, 0.2) is 30.3 Å². The maximum atomic E-state index is 11.9. The number of hydrogen-bond acceptors (Lipinski definition) is 3. The fourth-order valence-corrected chi connectivity index (χ4v) is 2.50. The first-order chi connectivity index (χ1) is 9.56. The minimum absolute atomic E-state index is 0.0442. The van der Waals surface area contributed by atoms with Gasteiger partial charge in [-0.25, -0.2) is 0 Å². The molecule has 0 bridgehead atoms. The van der Waals surface area contributed by atoms with E-state index in [-0.39, 0.29) is 12.1 Å². The highest BCUT2D eigenvalue weighted by molar-refractivity contribution is 5.71. The molecule has 1 aliphatic rings. The van der Waals surface area contributed by atoms with E-state index in [1.807, 2.05) is 32.0 Å². The first-order valence-electron chi connectivity index (χ1n) is 7.53. The summed E-state index contributed by atoms with van der Waals surface area (Å²) in [7, 11) is 0. The van der Waals surface area contributed by atoms with Crippen LogP contribution in [0.5, 0.6) is 0 Å². The van der Waals surface area contributed by atoms with Gasteiger partial charge in [0.2, 0.25) is 0 Å². The molecule has 0 aliphatic heterocycles. The second-order valence-electron chi connectivity index (χ2n) is 6.01. The predicted octanol–water partition coefficient (Wildman–Crippen LogP) is 3.24. The zero-order valence-electron chi connectivity index (χ0n) is 12.7. The van der Waals surface area contributed by atoms with Crippen LogP contribution in [0.3, 0.4) is 0 Å². The van der Waals surface area contributed by atoms with Crippen molar-refractivity contribution in [2.24, 2.45) is 5.92 Å². The average Bonchev–Trinajstić information content (AvgIpc) is 3.21. The molecule has 0 heterocycles. The lowest BCUT2D eigenvalue weighted by Gasteiger charge is -2.28. The van der Waals surface area contributed by atoms with Crippen LogP contribution in [0, 0.1) is 5.92 Å². The van der Waals surface area contributed by atoms with Gasteiger partial charge in [-0.05, 0) is 45.1 Å². The topological polar surface area (TPSA) is 29.5 Å². The Morgan fingerprint density at radius 2 is 1.90 bits per heavy atom. The molecule has 20 heavy (non-hydrogen) atoms. The van der Waals surface area contributed by atoms with Crippen molar-refractivity contribution in [3.8, 4) is 0 Å². The highest BCUT2D eigenvalue weighted by Crippen LogP contribution is 2.35. The Bertz CT molecular complexity index is 426. The lowest BCUT2D eigenvalue weighted by atomic mass is 10.1. The summed E-state index contributed by atoms with van der Waals surface area (Å²) in [6.45, 7) is 7.20. The van der Waals surface area contributed by atoms with Gasteiger partial charge >= 0.3 is 5.97 Å². The van der Waals surface area contributed by atoms with Gasteiger partial charge in [-0.15, -0.1) is 0 Å². The minimum atomic E-state index is -0.122. The highest BCUT2D eigenvalue weighted by atomic mass is 16.5. The van der Waals surface area contributed by atoms with Crippen LogP contribution >= 0.6 is 0 Å². The van der Waals surface area contributed by atoms with Crippen LogP contribution in [0.4, 0.5) is 0 Å². The van der Waals surface area contributed by atoms with Gasteiger partial charge < -0.3 is 4.74 Å². The number of nitrogens with zero attached hydrogens (tertiary/aromatic N) is 1. The molecule has 3 heteroatoms. The molecule has 0 amide bonds. The smallest absolute Gasteiger partial charge is 0.320 e. The van der Waals surface area contributed by atoms with E-state index in [0.29, 0.717) is 12.6 Å². The van der Waals surface area contributed by atoms with Crippen molar-refractivity contribution in [2.45, 2.75) is 52.3 Å². The number of esters is 1. The van der Waals surface area contributed by atoms with Gasteiger partial charge in [0.15, 0.2) is 0 Å². The van der Waals surface area contributed by atoms with Gasteiger partial charge in [0, 0.05) is 12.6 Å². The van der Waals surface area contributed by atoms with Crippen molar-refractivity contribution in [3.63, 3.8) is 0 Å². The minimum Gasteiger partial charge on any atom is -0.462 e. The molecule has 0 spiro atoms. The summed E-state index contributed by atoms with van der Waals surface area (Å²) in [5.74, 6) is 0.619. The van der Waals surface area contributed by atoms with Gasteiger partial charge in [-0.2, -0.15) is 0 Å². The quantitative estimate of drug-likeness (QED) is 0.715. The second kappa shape index (κ2) is 6.89. The maximum Gasteiger partial charge on any atom is 0.320 e. The third kappa shape index (κ3) is 4.64. The van der Waals surface area contributed by atoms with Crippen LogP contribution in [-0.4, -0.2) is 29.6 Å². The molecule has 0 saturated heterocycles. The fourth-order valence-electron chi connectivity index (χ4n) is 2.50. The van der Waals surface area contributed by atoms with E-state index in [4.69, 9.17) is 4.74 Å². The molecule has 1 unspecified atom stereocenters. The molecule has 0 N–H and O–H groups in total. The molecular formula is C17H25NO2. The van der Waals surface area contributed by atoms with Gasteiger partial charge in [0.25, 0.3) is 0 Å². The number of rotatable bonds is 7. The first kappa shape index (κ1) is 15.0. The van der Waals surface area contributed by atoms with Gasteiger partial charge in [-0.3, -0.25) is 9.69 Å². The molecule has 110 valence electrons. The fraction of sp³-hybridized carbons (Fsp3) is 0.588. The summed E-state index contributed by atoms with van der Waals surface area (Å²) in [4.78, 5) is 14.2. The van der Waals surface area contributed by atoms with E-state index in [9.17, 15) is 4.79 Å². The zero-order chi connectivity index (χ0) is 14.5. The largest absolute Gasteiger partial charge is 0.462 e. The van der Waals surface area contributed by atoms with E-state index in [1.165, 1.54) is 18.4 Å².